The van der Waals surface area contributed by atoms with E-state index < -0.39 is 0 Å². The maximum absolute atomic E-state index is 13.3. The Hall–Kier alpha value is -2.40. The van der Waals surface area contributed by atoms with E-state index in [1.807, 2.05) is 18.2 Å². The van der Waals surface area contributed by atoms with Gasteiger partial charge in [-0.05, 0) is 36.6 Å². The molecule has 1 aliphatic carbocycles. The van der Waals surface area contributed by atoms with Crippen molar-refractivity contribution in [2.45, 2.75) is 44.7 Å². The van der Waals surface area contributed by atoms with Crippen LogP contribution in [0, 0.1) is 0 Å². The van der Waals surface area contributed by atoms with Crippen LogP contribution in [-0.4, -0.2) is 14.1 Å². The Morgan fingerprint density at radius 1 is 1.04 bits per heavy atom. The van der Waals surface area contributed by atoms with Crippen LogP contribution in [0.2, 0.25) is 5.02 Å². The van der Waals surface area contributed by atoms with E-state index in [1.54, 1.807) is 29.0 Å². The Bertz CT molecular complexity index is 1060. The Labute approximate surface area is 155 Å². The molecule has 4 rings (SSSR count). The fourth-order valence-electron chi connectivity index (χ4n) is 3.82. The van der Waals surface area contributed by atoms with Gasteiger partial charge in [0.1, 0.15) is 5.65 Å². The summed E-state index contributed by atoms with van der Waals surface area (Å²) in [6, 6.07) is 10.9. The molecule has 0 amide bonds. The number of rotatable bonds is 3. The molecule has 0 N–H and O–H groups in total. The van der Waals surface area contributed by atoms with Crippen molar-refractivity contribution in [3.8, 4) is 0 Å². The average molecular weight is 370 g/mol. The van der Waals surface area contributed by atoms with Gasteiger partial charge in [-0.15, -0.1) is 0 Å². The summed E-state index contributed by atoms with van der Waals surface area (Å²) in [5, 5.41) is 1.07. The monoisotopic (exact) mass is 369 g/mol. The van der Waals surface area contributed by atoms with Crippen LogP contribution >= 0.6 is 11.6 Å². The van der Waals surface area contributed by atoms with Gasteiger partial charge < -0.3 is 0 Å². The van der Waals surface area contributed by atoms with Gasteiger partial charge in [-0.2, -0.15) is 0 Å². The maximum Gasteiger partial charge on any atom is 0.333 e. The fraction of sp³-hybridized carbons (Fsp3) is 0.350. The van der Waals surface area contributed by atoms with E-state index in [0.717, 1.165) is 37.7 Å². The molecular formula is C20H20ClN3O2. The van der Waals surface area contributed by atoms with Gasteiger partial charge >= 0.3 is 5.69 Å². The Morgan fingerprint density at radius 2 is 1.81 bits per heavy atom. The van der Waals surface area contributed by atoms with Gasteiger partial charge in [-0.1, -0.05) is 49.1 Å². The highest BCUT2D eigenvalue weighted by molar-refractivity contribution is 6.31. The quantitative estimate of drug-likeness (QED) is 0.706. The van der Waals surface area contributed by atoms with Crippen molar-refractivity contribution < 1.29 is 0 Å². The Kier molecular flexibility index (Phi) is 4.64. The smallest absolute Gasteiger partial charge is 0.273 e. The van der Waals surface area contributed by atoms with E-state index in [1.165, 1.54) is 4.57 Å². The maximum atomic E-state index is 13.3. The number of halogens is 1. The lowest BCUT2D eigenvalue weighted by atomic mass is 9.95. The summed E-state index contributed by atoms with van der Waals surface area (Å²) in [5.74, 6) is 0. The zero-order valence-electron chi connectivity index (χ0n) is 14.4. The van der Waals surface area contributed by atoms with Crippen LogP contribution in [0.1, 0.15) is 43.7 Å². The van der Waals surface area contributed by atoms with E-state index in [-0.39, 0.29) is 17.3 Å². The van der Waals surface area contributed by atoms with E-state index in [9.17, 15) is 9.59 Å². The van der Waals surface area contributed by atoms with Crippen LogP contribution in [0.3, 0.4) is 0 Å². The van der Waals surface area contributed by atoms with Crippen molar-refractivity contribution in [2.24, 2.45) is 0 Å². The standard InChI is InChI=1S/C20H20ClN3O2/c21-17-11-5-4-7-14(17)13-23-18-16(10-6-12-22-18)19(25)24(20(23)26)15-8-2-1-3-9-15/h4-7,10-12,15H,1-3,8-9,13H2. The minimum Gasteiger partial charge on any atom is -0.273 e. The number of benzene rings is 1. The number of aromatic nitrogens is 3. The van der Waals surface area contributed by atoms with E-state index in [4.69, 9.17) is 11.6 Å². The minimum absolute atomic E-state index is 0.0362. The third-order valence-corrected chi connectivity index (χ3v) is 5.52. The number of hydrogen-bond acceptors (Lipinski definition) is 3. The van der Waals surface area contributed by atoms with Gasteiger partial charge in [0.15, 0.2) is 0 Å². The van der Waals surface area contributed by atoms with Crippen molar-refractivity contribution in [1.29, 1.82) is 0 Å². The third kappa shape index (κ3) is 2.97. The third-order valence-electron chi connectivity index (χ3n) is 5.15. The molecule has 3 aromatic rings. The predicted molar refractivity (Wildman–Crippen MR) is 103 cm³/mol. The lowest BCUT2D eigenvalue weighted by molar-refractivity contribution is 0.332. The van der Waals surface area contributed by atoms with E-state index in [0.29, 0.717) is 22.6 Å². The highest BCUT2D eigenvalue weighted by Crippen LogP contribution is 2.26. The SMILES string of the molecule is O=c1c2cccnc2n(Cc2ccccc2Cl)c(=O)n1C1CCCCC1. The first-order valence-corrected chi connectivity index (χ1v) is 9.38. The largest absolute Gasteiger partial charge is 0.333 e. The number of hydrogen-bond donors (Lipinski definition) is 0. The summed E-state index contributed by atoms with van der Waals surface area (Å²) >= 11 is 6.29. The summed E-state index contributed by atoms with van der Waals surface area (Å²) in [4.78, 5) is 30.6. The molecule has 1 saturated carbocycles. The van der Waals surface area contributed by atoms with Crippen molar-refractivity contribution >= 4 is 22.6 Å². The van der Waals surface area contributed by atoms with Gasteiger partial charge in [0.05, 0.1) is 11.9 Å². The van der Waals surface area contributed by atoms with Gasteiger partial charge in [0.2, 0.25) is 0 Å². The predicted octanol–water partition coefficient (Wildman–Crippen LogP) is 3.77. The van der Waals surface area contributed by atoms with Crippen LogP contribution in [0.4, 0.5) is 0 Å². The molecule has 1 aromatic carbocycles. The van der Waals surface area contributed by atoms with Crippen molar-refractivity contribution in [1.82, 2.24) is 14.1 Å². The van der Waals surface area contributed by atoms with Gasteiger partial charge in [-0.3, -0.25) is 13.9 Å². The molecular weight excluding hydrogens is 350 g/mol. The van der Waals surface area contributed by atoms with Crippen LogP contribution in [0.25, 0.3) is 11.0 Å². The molecule has 26 heavy (non-hydrogen) atoms. The zero-order chi connectivity index (χ0) is 18.1. The fourth-order valence-corrected chi connectivity index (χ4v) is 4.01. The highest BCUT2D eigenvalue weighted by Gasteiger charge is 2.22. The molecule has 0 spiro atoms. The molecule has 0 unspecified atom stereocenters. The summed E-state index contributed by atoms with van der Waals surface area (Å²) in [6.45, 7) is 0.291. The van der Waals surface area contributed by atoms with Gasteiger partial charge in [0, 0.05) is 17.3 Å². The van der Waals surface area contributed by atoms with Crippen LogP contribution in [0.5, 0.6) is 0 Å². The first kappa shape index (κ1) is 17.0. The van der Waals surface area contributed by atoms with Gasteiger partial charge in [-0.25, -0.2) is 9.78 Å². The summed E-state index contributed by atoms with van der Waals surface area (Å²) in [6.07, 6.45) is 6.60. The first-order chi connectivity index (χ1) is 12.7. The lowest BCUT2D eigenvalue weighted by Gasteiger charge is -2.24. The summed E-state index contributed by atoms with van der Waals surface area (Å²) in [5.41, 5.74) is 0.708. The number of pyridine rings is 1. The molecule has 5 nitrogen and oxygen atoms in total. The topological polar surface area (TPSA) is 56.9 Å². The molecule has 0 saturated heterocycles. The number of nitrogens with zero attached hydrogens (tertiary/aromatic N) is 3. The molecule has 1 fully saturated rings. The average Bonchev–Trinajstić information content (AvgIpc) is 2.67. The van der Waals surface area contributed by atoms with Crippen LogP contribution in [-0.2, 0) is 6.54 Å². The lowest BCUT2D eigenvalue weighted by Crippen LogP contribution is -2.43. The molecule has 0 atom stereocenters. The summed E-state index contributed by atoms with van der Waals surface area (Å²) in [7, 11) is 0. The highest BCUT2D eigenvalue weighted by atomic mass is 35.5. The Morgan fingerprint density at radius 3 is 2.58 bits per heavy atom. The Balaban J connectivity index is 1.95. The zero-order valence-corrected chi connectivity index (χ0v) is 15.2. The molecule has 6 heteroatoms. The molecule has 0 radical (unpaired) electrons. The first-order valence-electron chi connectivity index (χ1n) is 9.00. The van der Waals surface area contributed by atoms with Crippen LogP contribution in [0.15, 0.2) is 52.2 Å². The van der Waals surface area contributed by atoms with Crippen molar-refractivity contribution in [2.75, 3.05) is 0 Å². The van der Waals surface area contributed by atoms with Crippen molar-refractivity contribution in [3.63, 3.8) is 0 Å². The molecule has 0 bridgehead atoms. The summed E-state index contributed by atoms with van der Waals surface area (Å²) < 4.78 is 3.02. The molecule has 2 heterocycles. The molecule has 2 aromatic heterocycles. The van der Waals surface area contributed by atoms with Gasteiger partial charge in [0.25, 0.3) is 5.56 Å². The van der Waals surface area contributed by atoms with E-state index in [2.05, 4.69) is 4.98 Å². The minimum atomic E-state index is -0.298. The number of fused-ring (bicyclic) bond motifs is 1. The van der Waals surface area contributed by atoms with Crippen LogP contribution < -0.4 is 11.2 Å². The molecule has 0 aliphatic heterocycles. The normalized spacial score (nSPS) is 15.4. The van der Waals surface area contributed by atoms with E-state index >= 15 is 0 Å². The second kappa shape index (κ2) is 7.08. The molecule has 1 aliphatic rings. The second-order valence-corrected chi connectivity index (χ2v) is 7.21. The van der Waals surface area contributed by atoms with Crippen molar-refractivity contribution in [3.05, 3.63) is 74.0 Å². The molecule has 134 valence electrons. The second-order valence-electron chi connectivity index (χ2n) is 6.80.